The topological polar surface area (TPSA) is 41.6 Å². The van der Waals surface area contributed by atoms with Crippen LogP contribution in [0.4, 0.5) is 10.5 Å². The van der Waals surface area contributed by atoms with E-state index in [1.54, 1.807) is 36.0 Å². The Bertz CT molecular complexity index is 950. The Balaban J connectivity index is 1.49. The van der Waals surface area contributed by atoms with Crippen LogP contribution in [0.5, 0.6) is 11.5 Å². The predicted octanol–water partition coefficient (Wildman–Crippen LogP) is 6.41. The number of amides is 2. The third-order valence-corrected chi connectivity index (χ3v) is 5.88. The number of urea groups is 1. The van der Waals surface area contributed by atoms with Crippen LogP contribution in [0, 0.1) is 0 Å². The number of para-hydroxylation sites is 1. The van der Waals surface area contributed by atoms with Crippen LogP contribution in [0.2, 0.25) is 5.02 Å². The highest BCUT2D eigenvalue weighted by atomic mass is 35.5. The lowest BCUT2D eigenvalue weighted by atomic mass is 10.2. The molecule has 3 aromatic rings. The van der Waals surface area contributed by atoms with Gasteiger partial charge < -0.3 is 15.0 Å². The SMILES string of the molecule is O=C(Nc1ccc(Cl)cc1)N1CCS[C@@H]1c1cccc(Oc2ccccc2)c1. The van der Waals surface area contributed by atoms with Crippen LogP contribution in [0.15, 0.2) is 78.9 Å². The maximum Gasteiger partial charge on any atom is 0.323 e. The molecule has 0 saturated carbocycles. The second-order valence-corrected chi connectivity index (χ2v) is 7.97. The van der Waals surface area contributed by atoms with Gasteiger partial charge in [0.2, 0.25) is 0 Å². The summed E-state index contributed by atoms with van der Waals surface area (Å²) in [5, 5.41) is 3.54. The molecule has 2 amide bonds. The van der Waals surface area contributed by atoms with E-state index < -0.39 is 0 Å². The third-order valence-electron chi connectivity index (χ3n) is 4.37. The zero-order valence-electron chi connectivity index (χ0n) is 15.0. The van der Waals surface area contributed by atoms with Gasteiger partial charge in [0, 0.05) is 23.0 Å². The van der Waals surface area contributed by atoms with Gasteiger partial charge in [-0.15, -0.1) is 11.8 Å². The van der Waals surface area contributed by atoms with E-state index in [-0.39, 0.29) is 11.4 Å². The zero-order chi connectivity index (χ0) is 19.3. The van der Waals surface area contributed by atoms with Crippen molar-refractivity contribution in [1.29, 1.82) is 0 Å². The van der Waals surface area contributed by atoms with Gasteiger partial charge in [-0.05, 0) is 54.1 Å². The summed E-state index contributed by atoms with van der Waals surface area (Å²) in [6.45, 7) is 0.693. The number of anilines is 1. The van der Waals surface area contributed by atoms with Gasteiger partial charge in [0.1, 0.15) is 16.9 Å². The highest BCUT2D eigenvalue weighted by Crippen LogP contribution is 2.39. The number of thioether (sulfide) groups is 1. The molecule has 0 spiro atoms. The molecule has 0 aliphatic carbocycles. The number of hydrogen-bond donors (Lipinski definition) is 1. The van der Waals surface area contributed by atoms with Gasteiger partial charge in [-0.2, -0.15) is 0 Å². The minimum atomic E-state index is -0.119. The minimum absolute atomic E-state index is 0.0494. The first-order chi connectivity index (χ1) is 13.7. The summed E-state index contributed by atoms with van der Waals surface area (Å²) in [5.74, 6) is 2.44. The second kappa shape index (κ2) is 8.59. The van der Waals surface area contributed by atoms with Crippen LogP contribution < -0.4 is 10.1 Å². The molecule has 0 radical (unpaired) electrons. The molecule has 6 heteroatoms. The smallest absolute Gasteiger partial charge is 0.323 e. The summed E-state index contributed by atoms with van der Waals surface area (Å²) in [6, 6.07) is 24.6. The van der Waals surface area contributed by atoms with E-state index >= 15 is 0 Å². The maximum absolute atomic E-state index is 12.8. The molecule has 4 nitrogen and oxygen atoms in total. The van der Waals surface area contributed by atoms with Crippen molar-refractivity contribution >= 4 is 35.1 Å². The number of carbonyl (C=O) groups is 1. The van der Waals surface area contributed by atoms with Gasteiger partial charge in [0.25, 0.3) is 0 Å². The monoisotopic (exact) mass is 410 g/mol. The average molecular weight is 411 g/mol. The molecular formula is C22H19ClN2O2S. The van der Waals surface area contributed by atoms with Crippen molar-refractivity contribution in [3.05, 3.63) is 89.4 Å². The molecule has 1 heterocycles. The molecule has 0 aromatic heterocycles. The fourth-order valence-corrected chi connectivity index (χ4v) is 4.41. The number of nitrogens with zero attached hydrogens (tertiary/aromatic N) is 1. The van der Waals surface area contributed by atoms with Crippen LogP contribution in [0.3, 0.4) is 0 Å². The van der Waals surface area contributed by atoms with Crippen molar-refractivity contribution in [3.8, 4) is 11.5 Å². The number of carbonyl (C=O) groups excluding carboxylic acids is 1. The van der Waals surface area contributed by atoms with Crippen molar-refractivity contribution in [2.24, 2.45) is 0 Å². The van der Waals surface area contributed by atoms with Crippen molar-refractivity contribution in [1.82, 2.24) is 4.90 Å². The quantitative estimate of drug-likeness (QED) is 0.540. The number of ether oxygens (including phenoxy) is 1. The molecule has 0 unspecified atom stereocenters. The molecule has 28 heavy (non-hydrogen) atoms. The first-order valence-electron chi connectivity index (χ1n) is 8.97. The predicted molar refractivity (Wildman–Crippen MR) is 115 cm³/mol. The summed E-state index contributed by atoms with van der Waals surface area (Å²) in [7, 11) is 0. The zero-order valence-corrected chi connectivity index (χ0v) is 16.6. The van der Waals surface area contributed by atoms with Crippen LogP contribution >= 0.6 is 23.4 Å². The van der Waals surface area contributed by atoms with E-state index in [2.05, 4.69) is 5.32 Å². The minimum Gasteiger partial charge on any atom is -0.457 e. The normalized spacial score (nSPS) is 16.0. The molecule has 1 N–H and O–H groups in total. The molecule has 1 aliphatic rings. The summed E-state index contributed by atoms with van der Waals surface area (Å²) in [6.07, 6.45) is 0. The van der Waals surface area contributed by atoms with Gasteiger partial charge in [0.05, 0.1) is 0 Å². The molecule has 1 aliphatic heterocycles. The Morgan fingerprint density at radius 1 is 1.00 bits per heavy atom. The van der Waals surface area contributed by atoms with E-state index in [4.69, 9.17) is 16.3 Å². The molecule has 1 fully saturated rings. The highest BCUT2D eigenvalue weighted by Gasteiger charge is 2.31. The van der Waals surface area contributed by atoms with E-state index in [0.717, 1.165) is 28.5 Å². The average Bonchev–Trinajstić information content (AvgIpc) is 3.21. The van der Waals surface area contributed by atoms with Gasteiger partial charge in [-0.1, -0.05) is 41.9 Å². The van der Waals surface area contributed by atoms with Crippen LogP contribution in [-0.2, 0) is 0 Å². The molecule has 0 bridgehead atoms. The van der Waals surface area contributed by atoms with E-state index in [0.29, 0.717) is 11.6 Å². The van der Waals surface area contributed by atoms with Crippen LogP contribution in [0.1, 0.15) is 10.9 Å². The van der Waals surface area contributed by atoms with Crippen LogP contribution in [0.25, 0.3) is 0 Å². The van der Waals surface area contributed by atoms with Gasteiger partial charge in [-0.3, -0.25) is 0 Å². The van der Waals surface area contributed by atoms with Crippen molar-refractivity contribution < 1.29 is 9.53 Å². The lowest BCUT2D eigenvalue weighted by molar-refractivity contribution is 0.214. The standard InChI is InChI=1S/C22H19ClN2O2S/c23-17-9-11-18(12-10-17)24-22(26)25-13-14-28-21(25)16-5-4-8-20(15-16)27-19-6-2-1-3-7-19/h1-12,15,21H,13-14H2,(H,24,26)/t21-/m1/s1. The Morgan fingerprint density at radius 3 is 2.54 bits per heavy atom. The Labute approximate surface area is 173 Å². The van der Waals surface area contributed by atoms with E-state index in [1.165, 1.54) is 0 Å². The summed E-state index contributed by atoms with van der Waals surface area (Å²) >= 11 is 7.66. The Kier molecular flexibility index (Phi) is 5.74. The van der Waals surface area contributed by atoms with E-state index in [1.807, 2.05) is 59.5 Å². The van der Waals surface area contributed by atoms with Crippen molar-refractivity contribution in [2.45, 2.75) is 5.37 Å². The second-order valence-electron chi connectivity index (χ2n) is 6.34. The lowest BCUT2D eigenvalue weighted by Crippen LogP contribution is -2.34. The lowest BCUT2D eigenvalue weighted by Gasteiger charge is -2.24. The fraction of sp³-hybridized carbons (Fsp3) is 0.136. The van der Waals surface area contributed by atoms with Gasteiger partial charge in [0.15, 0.2) is 0 Å². The van der Waals surface area contributed by atoms with Gasteiger partial charge >= 0.3 is 6.03 Å². The highest BCUT2D eigenvalue weighted by molar-refractivity contribution is 7.99. The number of rotatable bonds is 4. The number of halogens is 1. The maximum atomic E-state index is 12.8. The number of benzene rings is 3. The Morgan fingerprint density at radius 2 is 1.75 bits per heavy atom. The number of hydrogen-bond acceptors (Lipinski definition) is 3. The molecular weight excluding hydrogens is 392 g/mol. The number of nitrogens with one attached hydrogen (secondary N) is 1. The summed E-state index contributed by atoms with van der Waals surface area (Å²) in [4.78, 5) is 14.6. The molecule has 4 rings (SSSR count). The molecule has 142 valence electrons. The fourth-order valence-electron chi connectivity index (χ4n) is 3.04. The first-order valence-corrected chi connectivity index (χ1v) is 10.4. The van der Waals surface area contributed by atoms with Crippen molar-refractivity contribution in [2.75, 3.05) is 17.6 Å². The summed E-state index contributed by atoms with van der Waals surface area (Å²) in [5.41, 5.74) is 1.77. The van der Waals surface area contributed by atoms with Crippen molar-refractivity contribution in [3.63, 3.8) is 0 Å². The van der Waals surface area contributed by atoms with E-state index in [9.17, 15) is 4.79 Å². The first kappa shape index (κ1) is 18.7. The largest absolute Gasteiger partial charge is 0.457 e. The van der Waals surface area contributed by atoms with Gasteiger partial charge in [-0.25, -0.2) is 4.79 Å². The Hall–Kier alpha value is -2.63. The summed E-state index contributed by atoms with van der Waals surface area (Å²) < 4.78 is 5.94. The molecule has 1 atom stereocenters. The third kappa shape index (κ3) is 4.43. The van der Waals surface area contributed by atoms with Crippen LogP contribution in [-0.4, -0.2) is 23.2 Å². The molecule has 3 aromatic carbocycles. The molecule has 1 saturated heterocycles.